The van der Waals surface area contributed by atoms with E-state index in [1.54, 1.807) is 0 Å². The predicted octanol–water partition coefficient (Wildman–Crippen LogP) is 2.40. The summed E-state index contributed by atoms with van der Waals surface area (Å²) in [4.78, 5) is 12.2. The molecule has 1 saturated carbocycles. The number of thioether (sulfide) groups is 1. The molecule has 3 nitrogen and oxygen atoms in total. The summed E-state index contributed by atoms with van der Waals surface area (Å²) in [5.41, 5.74) is 5.72. The third kappa shape index (κ3) is 4.81. The Labute approximate surface area is 116 Å². The molecule has 1 amide bonds. The Hall–Kier alpha value is -0.220. The third-order valence-corrected chi connectivity index (χ3v) is 4.90. The summed E-state index contributed by atoms with van der Waals surface area (Å²) >= 11 is 1.98. The Kier molecular flexibility index (Phi) is 7.08. The van der Waals surface area contributed by atoms with E-state index in [1.165, 1.54) is 12.8 Å². The lowest BCUT2D eigenvalue weighted by atomic mass is 9.96. The van der Waals surface area contributed by atoms with Gasteiger partial charge < -0.3 is 11.1 Å². The van der Waals surface area contributed by atoms with Crippen molar-refractivity contribution in [3.63, 3.8) is 0 Å². The molecule has 0 aliphatic heterocycles. The number of nitrogens with two attached hydrogens (primary N) is 1. The highest BCUT2D eigenvalue weighted by molar-refractivity contribution is 7.99. The molecule has 0 aromatic heterocycles. The highest BCUT2D eigenvalue weighted by Crippen LogP contribution is 2.30. The van der Waals surface area contributed by atoms with Crippen LogP contribution in [0, 0.1) is 11.8 Å². The van der Waals surface area contributed by atoms with Crippen LogP contribution >= 0.6 is 11.8 Å². The fraction of sp³-hybridized carbons (Fsp3) is 0.929. The Morgan fingerprint density at radius 2 is 2.17 bits per heavy atom. The van der Waals surface area contributed by atoms with E-state index < -0.39 is 0 Å². The molecule has 3 unspecified atom stereocenters. The van der Waals surface area contributed by atoms with E-state index in [2.05, 4.69) is 26.1 Å². The van der Waals surface area contributed by atoms with Crippen molar-refractivity contribution in [1.29, 1.82) is 0 Å². The molecule has 1 rings (SSSR count). The average molecular weight is 272 g/mol. The van der Waals surface area contributed by atoms with E-state index in [9.17, 15) is 4.79 Å². The molecule has 3 N–H and O–H groups in total. The zero-order valence-corrected chi connectivity index (χ0v) is 12.8. The van der Waals surface area contributed by atoms with Crippen LogP contribution in [0.4, 0.5) is 0 Å². The average Bonchev–Trinajstić information content (AvgIpc) is 2.73. The minimum atomic E-state index is -0.0159. The van der Waals surface area contributed by atoms with Crippen LogP contribution in [0.15, 0.2) is 0 Å². The van der Waals surface area contributed by atoms with Crippen molar-refractivity contribution in [2.24, 2.45) is 17.6 Å². The quantitative estimate of drug-likeness (QED) is 0.748. The fourth-order valence-corrected chi connectivity index (χ4v) is 3.88. The summed E-state index contributed by atoms with van der Waals surface area (Å²) in [6.07, 6.45) is 4.49. The van der Waals surface area contributed by atoms with E-state index >= 15 is 0 Å². The number of nitrogens with one attached hydrogen (secondary N) is 1. The Morgan fingerprint density at radius 1 is 1.44 bits per heavy atom. The predicted molar refractivity (Wildman–Crippen MR) is 79.7 cm³/mol. The largest absolute Gasteiger partial charge is 0.352 e. The maximum Gasteiger partial charge on any atom is 0.224 e. The minimum Gasteiger partial charge on any atom is -0.352 e. The van der Waals surface area contributed by atoms with Crippen LogP contribution in [0.25, 0.3) is 0 Å². The minimum absolute atomic E-state index is 0.0159. The summed E-state index contributed by atoms with van der Waals surface area (Å²) in [7, 11) is 0. The van der Waals surface area contributed by atoms with Crippen molar-refractivity contribution in [1.82, 2.24) is 5.32 Å². The van der Waals surface area contributed by atoms with Gasteiger partial charge in [0.05, 0.1) is 5.92 Å². The van der Waals surface area contributed by atoms with Crippen LogP contribution in [0.5, 0.6) is 0 Å². The van der Waals surface area contributed by atoms with Gasteiger partial charge in [0.1, 0.15) is 0 Å². The van der Waals surface area contributed by atoms with E-state index in [0.717, 1.165) is 18.6 Å². The normalized spacial score (nSPS) is 25.4. The van der Waals surface area contributed by atoms with Gasteiger partial charge in [0.2, 0.25) is 5.91 Å². The van der Waals surface area contributed by atoms with E-state index in [1.807, 2.05) is 11.8 Å². The van der Waals surface area contributed by atoms with Gasteiger partial charge in [-0.2, -0.15) is 11.8 Å². The van der Waals surface area contributed by atoms with Crippen LogP contribution < -0.4 is 11.1 Å². The second-order valence-electron chi connectivity index (χ2n) is 5.60. The van der Waals surface area contributed by atoms with E-state index in [4.69, 9.17) is 5.73 Å². The number of amides is 1. The molecule has 0 spiro atoms. The molecule has 0 saturated heterocycles. The van der Waals surface area contributed by atoms with Gasteiger partial charge in [-0.1, -0.05) is 27.2 Å². The van der Waals surface area contributed by atoms with Gasteiger partial charge in [-0.05, 0) is 30.9 Å². The van der Waals surface area contributed by atoms with Crippen LogP contribution in [-0.2, 0) is 4.79 Å². The monoisotopic (exact) mass is 272 g/mol. The lowest BCUT2D eigenvalue weighted by molar-refractivity contribution is -0.125. The number of hydrogen-bond acceptors (Lipinski definition) is 3. The second kappa shape index (κ2) is 8.05. The van der Waals surface area contributed by atoms with Gasteiger partial charge in [-0.25, -0.2) is 0 Å². The first-order valence-corrected chi connectivity index (χ1v) is 8.25. The number of carbonyl (C=O) groups is 1. The highest BCUT2D eigenvalue weighted by atomic mass is 32.2. The zero-order valence-electron chi connectivity index (χ0n) is 11.9. The van der Waals surface area contributed by atoms with Gasteiger partial charge in [-0.3, -0.25) is 4.79 Å². The summed E-state index contributed by atoms with van der Waals surface area (Å²) in [6, 6.07) is 0.365. The van der Waals surface area contributed by atoms with E-state index in [0.29, 0.717) is 23.8 Å². The number of rotatable bonds is 7. The maximum atomic E-state index is 12.2. The molecule has 1 aliphatic carbocycles. The van der Waals surface area contributed by atoms with Gasteiger partial charge >= 0.3 is 0 Å². The first-order chi connectivity index (χ1) is 8.58. The summed E-state index contributed by atoms with van der Waals surface area (Å²) < 4.78 is 0. The van der Waals surface area contributed by atoms with Crippen molar-refractivity contribution >= 4 is 17.7 Å². The molecule has 0 radical (unpaired) electrons. The van der Waals surface area contributed by atoms with Crippen LogP contribution in [0.2, 0.25) is 0 Å². The van der Waals surface area contributed by atoms with Gasteiger partial charge in [0.25, 0.3) is 0 Å². The van der Waals surface area contributed by atoms with Crippen LogP contribution in [0.3, 0.4) is 0 Å². The van der Waals surface area contributed by atoms with Crippen molar-refractivity contribution in [3.8, 4) is 0 Å². The first kappa shape index (κ1) is 15.8. The number of carbonyl (C=O) groups excluding carboxylic acids is 1. The molecule has 0 bridgehead atoms. The molecule has 0 aromatic rings. The van der Waals surface area contributed by atoms with Crippen LogP contribution in [-0.4, -0.2) is 29.5 Å². The summed E-state index contributed by atoms with van der Waals surface area (Å²) in [5, 5.41) is 3.84. The van der Waals surface area contributed by atoms with Gasteiger partial charge in [0.15, 0.2) is 0 Å². The topological polar surface area (TPSA) is 55.1 Å². The summed E-state index contributed by atoms with van der Waals surface area (Å²) in [6.45, 7) is 6.92. The molecule has 0 heterocycles. The smallest absolute Gasteiger partial charge is 0.224 e. The maximum absolute atomic E-state index is 12.2. The Balaban J connectivity index is 2.46. The zero-order chi connectivity index (χ0) is 13.5. The standard InChI is InChI=1S/C14H28N2OS/c1-4-18-13-7-5-6-12(13)16-14(17)11(9-15)8-10(2)3/h10-13H,4-9,15H2,1-3H3,(H,16,17). The van der Waals surface area contributed by atoms with Gasteiger partial charge in [-0.15, -0.1) is 0 Å². The van der Waals surface area contributed by atoms with Crippen molar-refractivity contribution in [3.05, 3.63) is 0 Å². The Morgan fingerprint density at radius 3 is 2.72 bits per heavy atom. The molecule has 1 aliphatic rings. The highest BCUT2D eigenvalue weighted by Gasteiger charge is 2.30. The van der Waals surface area contributed by atoms with Crippen molar-refractivity contribution in [2.45, 2.75) is 57.7 Å². The lowest BCUT2D eigenvalue weighted by Gasteiger charge is -2.24. The molecule has 1 fully saturated rings. The lowest BCUT2D eigenvalue weighted by Crippen LogP contribution is -2.44. The van der Waals surface area contributed by atoms with Crippen LogP contribution in [0.1, 0.15) is 46.5 Å². The molecular weight excluding hydrogens is 244 g/mol. The first-order valence-electron chi connectivity index (χ1n) is 7.20. The molecule has 4 heteroatoms. The third-order valence-electron chi connectivity index (χ3n) is 3.57. The Bertz CT molecular complexity index is 258. The molecule has 0 aromatic carbocycles. The van der Waals surface area contributed by atoms with Crippen molar-refractivity contribution in [2.75, 3.05) is 12.3 Å². The number of hydrogen-bond donors (Lipinski definition) is 2. The molecular formula is C14H28N2OS. The van der Waals surface area contributed by atoms with Gasteiger partial charge in [0, 0.05) is 17.8 Å². The summed E-state index contributed by atoms with van der Waals surface area (Å²) in [5.74, 6) is 1.80. The second-order valence-corrected chi connectivity index (χ2v) is 7.12. The van der Waals surface area contributed by atoms with E-state index in [-0.39, 0.29) is 11.8 Å². The fourth-order valence-electron chi connectivity index (χ4n) is 2.68. The SMILES string of the molecule is CCSC1CCCC1NC(=O)C(CN)CC(C)C. The molecule has 106 valence electrons. The molecule has 18 heavy (non-hydrogen) atoms. The molecule has 3 atom stereocenters. The van der Waals surface area contributed by atoms with Crippen molar-refractivity contribution < 1.29 is 4.79 Å².